The molecule has 18 heavy (non-hydrogen) atoms. The maximum atomic E-state index is 12.0. The molecule has 1 amide bonds. The molecule has 2 rings (SSSR count). The molecule has 0 fully saturated rings. The highest BCUT2D eigenvalue weighted by Crippen LogP contribution is 2.23. The number of carbonyl (C=O) groups excluding carboxylic acids is 1. The van der Waals surface area contributed by atoms with E-state index in [1.54, 1.807) is 23.5 Å². The van der Waals surface area contributed by atoms with E-state index in [4.69, 9.17) is 0 Å². The number of phenolic OH excluding ortho intramolecular Hbond substituents is 1. The Bertz CT molecular complexity index is 554. The molecule has 1 unspecified atom stereocenters. The first-order chi connectivity index (χ1) is 8.58. The van der Waals surface area contributed by atoms with Gasteiger partial charge >= 0.3 is 0 Å². The first-order valence-corrected chi connectivity index (χ1v) is 7.08. The van der Waals surface area contributed by atoms with E-state index in [-0.39, 0.29) is 23.3 Å². The second kappa shape index (κ2) is 5.54. The first kappa shape index (κ1) is 13.1. The van der Waals surface area contributed by atoms with Crippen molar-refractivity contribution in [1.82, 2.24) is 5.32 Å². The largest absolute Gasteiger partial charge is 0.507 e. The van der Waals surface area contributed by atoms with Gasteiger partial charge in [-0.2, -0.15) is 0 Å². The molecule has 2 aromatic rings. The predicted molar refractivity (Wildman–Crippen MR) is 76.0 cm³/mol. The van der Waals surface area contributed by atoms with Crippen molar-refractivity contribution in [2.75, 3.05) is 0 Å². The highest BCUT2D eigenvalue weighted by atomic mass is 79.9. The molecular weight excluding hydrogens is 314 g/mol. The second-order valence-electron chi connectivity index (χ2n) is 3.87. The maximum absolute atomic E-state index is 12.0. The Kier molecular flexibility index (Phi) is 4.04. The number of rotatable bonds is 3. The van der Waals surface area contributed by atoms with E-state index in [0.717, 1.165) is 9.35 Å². The van der Waals surface area contributed by atoms with E-state index in [0.29, 0.717) is 0 Å². The van der Waals surface area contributed by atoms with Crippen molar-refractivity contribution >= 4 is 33.2 Å². The van der Waals surface area contributed by atoms with Crippen LogP contribution in [0.5, 0.6) is 5.75 Å². The van der Waals surface area contributed by atoms with Crippen LogP contribution in [0.3, 0.4) is 0 Å². The van der Waals surface area contributed by atoms with Gasteiger partial charge in [0.1, 0.15) is 5.75 Å². The van der Waals surface area contributed by atoms with Crippen molar-refractivity contribution in [1.29, 1.82) is 0 Å². The lowest BCUT2D eigenvalue weighted by Gasteiger charge is -2.13. The number of amides is 1. The fraction of sp³-hybridized carbons (Fsp3) is 0.154. The smallest absolute Gasteiger partial charge is 0.255 e. The van der Waals surface area contributed by atoms with Crippen molar-refractivity contribution < 1.29 is 9.90 Å². The lowest BCUT2D eigenvalue weighted by molar-refractivity contribution is 0.0938. The third-order valence-electron chi connectivity index (χ3n) is 2.52. The zero-order chi connectivity index (χ0) is 13.1. The van der Waals surface area contributed by atoms with Crippen LogP contribution in [0.15, 0.2) is 40.2 Å². The Hall–Kier alpha value is -1.33. The minimum absolute atomic E-state index is 0.0194. The van der Waals surface area contributed by atoms with E-state index in [2.05, 4.69) is 21.2 Å². The Morgan fingerprint density at radius 3 is 2.89 bits per heavy atom. The lowest BCUT2D eigenvalue weighted by Crippen LogP contribution is -2.26. The second-order valence-corrected chi connectivity index (χ2v) is 5.77. The molecule has 1 aromatic carbocycles. The first-order valence-electron chi connectivity index (χ1n) is 5.40. The highest BCUT2D eigenvalue weighted by Gasteiger charge is 2.15. The molecule has 94 valence electrons. The van der Waals surface area contributed by atoms with Crippen molar-refractivity contribution in [3.8, 4) is 5.75 Å². The van der Waals surface area contributed by atoms with Crippen LogP contribution in [0.25, 0.3) is 0 Å². The zero-order valence-electron chi connectivity index (χ0n) is 9.68. The Morgan fingerprint density at radius 1 is 1.44 bits per heavy atom. The van der Waals surface area contributed by atoms with Crippen LogP contribution in [0.1, 0.15) is 28.2 Å². The van der Waals surface area contributed by atoms with Gasteiger partial charge in [-0.15, -0.1) is 11.3 Å². The van der Waals surface area contributed by atoms with Gasteiger partial charge < -0.3 is 10.4 Å². The summed E-state index contributed by atoms with van der Waals surface area (Å²) in [6.07, 6.45) is 0. The number of nitrogens with one attached hydrogen (secondary N) is 1. The van der Waals surface area contributed by atoms with E-state index >= 15 is 0 Å². The number of hydrogen-bond acceptors (Lipinski definition) is 3. The van der Waals surface area contributed by atoms with Crippen LogP contribution in [-0.4, -0.2) is 11.0 Å². The summed E-state index contributed by atoms with van der Waals surface area (Å²) in [6.45, 7) is 1.92. The number of hydrogen-bond donors (Lipinski definition) is 2. The third kappa shape index (κ3) is 2.91. The summed E-state index contributed by atoms with van der Waals surface area (Å²) < 4.78 is 0.759. The summed E-state index contributed by atoms with van der Waals surface area (Å²) in [5.74, 6) is -0.302. The number of phenols is 1. The van der Waals surface area contributed by atoms with E-state index in [9.17, 15) is 9.90 Å². The third-order valence-corrected chi connectivity index (χ3v) is 4.07. The molecule has 2 N–H and O–H groups in total. The summed E-state index contributed by atoms with van der Waals surface area (Å²) in [5.41, 5.74) is 0.271. The van der Waals surface area contributed by atoms with Gasteiger partial charge in [0.15, 0.2) is 0 Å². The molecule has 0 bridgehead atoms. The van der Waals surface area contributed by atoms with Gasteiger partial charge in [0.2, 0.25) is 0 Å². The molecule has 0 spiro atoms. The van der Waals surface area contributed by atoms with Crippen LogP contribution >= 0.6 is 27.3 Å². The van der Waals surface area contributed by atoms with E-state index < -0.39 is 0 Å². The monoisotopic (exact) mass is 325 g/mol. The number of benzene rings is 1. The standard InChI is InChI=1S/C13H12BrNO2S/c1-8(12-3-2-6-18-12)15-13(17)10-7-9(14)4-5-11(10)16/h2-8,16H,1H3,(H,15,17). The van der Waals surface area contributed by atoms with Gasteiger partial charge in [-0.1, -0.05) is 22.0 Å². The number of carbonyl (C=O) groups is 1. The van der Waals surface area contributed by atoms with Crippen LogP contribution in [-0.2, 0) is 0 Å². The average molecular weight is 326 g/mol. The average Bonchev–Trinajstić information content (AvgIpc) is 2.85. The van der Waals surface area contributed by atoms with Crippen molar-refractivity contribution in [3.63, 3.8) is 0 Å². The quantitative estimate of drug-likeness (QED) is 0.903. The highest BCUT2D eigenvalue weighted by molar-refractivity contribution is 9.10. The van der Waals surface area contributed by atoms with Gasteiger partial charge in [0, 0.05) is 9.35 Å². The fourth-order valence-electron chi connectivity index (χ4n) is 1.57. The zero-order valence-corrected chi connectivity index (χ0v) is 12.1. The van der Waals surface area contributed by atoms with Crippen LogP contribution < -0.4 is 5.32 Å². The van der Waals surface area contributed by atoms with Crippen molar-refractivity contribution in [2.24, 2.45) is 0 Å². The van der Waals surface area contributed by atoms with Crippen LogP contribution in [0.4, 0.5) is 0 Å². The van der Waals surface area contributed by atoms with Gasteiger partial charge in [0.25, 0.3) is 5.91 Å². The summed E-state index contributed by atoms with van der Waals surface area (Å²) in [6, 6.07) is 8.63. The summed E-state index contributed by atoms with van der Waals surface area (Å²) in [7, 11) is 0. The van der Waals surface area contributed by atoms with Crippen molar-refractivity contribution in [3.05, 3.63) is 50.6 Å². The molecule has 0 aliphatic carbocycles. The van der Waals surface area contributed by atoms with E-state index in [1.165, 1.54) is 6.07 Å². The van der Waals surface area contributed by atoms with Crippen LogP contribution in [0.2, 0.25) is 0 Å². The molecule has 0 saturated heterocycles. The molecule has 0 radical (unpaired) electrons. The molecule has 5 heteroatoms. The number of thiophene rings is 1. The minimum atomic E-state index is -0.283. The summed E-state index contributed by atoms with van der Waals surface area (Å²) in [5, 5.41) is 14.5. The van der Waals surface area contributed by atoms with Gasteiger partial charge in [-0.3, -0.25) is 4.79 Å². The van der Waals surface area contributed by atoms with Gasteiger partial charge in [0.05, 0.1) is 11.6 Å². The van der Waals surface area contributed by atoms with Gasteiger partial charge in [-0.25, -0.2) is 0 Å². The molecule has 1 atom stereocenters. The number of aromatic hydroxyl groups is 1. The van der Waals surface area contributed by atoms with Gasteiger partial charge in [-0.05, 0) is 36.6 Å². The van der Waals surface area contributed by atoms with E-state index in [1.807, 2.05) is 24.4 Å². The van der Waals surface area contributed by atoms with Crippen molar-refractivity contribution in [2.45, 2.75) is 13.0 Å². The molecule has 1 aromatic heterocycles. The molecular formula is C13H12BrNO2S. The SMILES string of the molecule is CC(NC(=O)c1cc(Br)ccc1O)c1cccs1. The molecule has 1 heterocycles. The number of halogens is 1. The van der Waals surface area contributed by atoms with Crippen LogP contribution in [0, 0.1) is 0 Å². The Labute approximate surface area is 118 Å². The maximum Gasteiger partial charge on any atom is 0.255 e. The topological polar surface area (TPSA) is 49.3 Å². The fourth-order valence-corrected chi connectivity index (χ4v) is 2.67. The molecule has 3 nitrogen and oxygen atoms in total. The Morgan fingerprint density at radius 2 is 2.22 bits per heavy atom. The summed E-state index contributed by atoms with van der Waals surface area (Å²) in [4.78, 5) is 13.1. The predicted octanol–water partition coefficient (Wildman–Crippen LogP) is 3.71. The lowest BCUT2D eigenvalue weighted by atomic mass is 10.1. The molecule has 0 aliphatic rings. The normalized spacial score (nSPS) is 12.1. The minimum Gasteiger partial charge on any atom is -0.507 e. The molecule has 0 aliphatic heterocycles. The molecule has 0 saturated carbocycles. The summed E-state index contributed by atoms with van der Waals surface area (Å²) >= 11 is 4.87. The Balaban J connectivity index is 2.15.